The molecule has 0 radical (unpaired) electrons. The summed E-state index contributed by atoms with van der Waals surface area (Å²) < 4.78 is 2.93. The Morgan fingerprint density at radius 3 is 1.36 bits per heavy atom. The molecule has 146 valence electrons. The summed E-state index contributed by atoms with van der Waals surface area (Å²) in [5.41, 5.74) is 0. The molecule has 0 unspecified atom stereocenters. The quantitative estimate of drug-likeness (QED) is 0.223. The normalized spacial score (nSPS) is 13.8. The van der Waals surface area contributed by atoms with Crippen molar-refractivity contribution in [2.45, 2.75) is 32.1 Å². The van der Waals surface area contributed by atoms with Gasteiger partial charge in [0.15, 0.2) is 0 Å². The minimum atomic E-state index is -0.446. The van der Waals surface area contributed by atoms with Crippen LogP contribution in [0.1, 0.15) is 32.1 Å². The molecule has 0 spiro atoms. The van der Waals surface area contributed by atoms with Gasteiger partial charge in [0.2, 0.25) is 0 Å². The summed E-state index contributed by atoms with van der Waals surface area (Å²) >= 11 is 2.29. The zero-order valence-corrected chi connectivity index (χ0v) is 19.1. The molecule has 0 amide bonds. The minimum absolute atomic E-state index is 0.446. The van der Waals surface area contributed by atoms with E-state index in [9.17, 15) is 0 Å². The summed E-state index contributed by atoms with van der Waals surface area (Å²) in [5, 5.41) is 4.19. The Balaban J connectivity index is 0.000000211. The first-order valence-corrected chi connectivity index (χ1v) is 12.3. The second-order valence-electron chi connectivity index (χ2n) is 6.90. The van der Waals surface area contributed by atoms with Crippen molar-refractivity contribution in [1.82, 2.24) is 0 Å². The summed E-state index contributed by atoms with van der Waals surface area (Å²) in [4.78, 5) is 0. The molecule has 0 aliphatic heterocycles. The van der Waals surface area contributed by atoms with Crippen molar-refractivity contribution in [1.29, 1.82) is 0 Å². The van der Waals surface area contributed by atoms with E-state index < -0.39 is 7.92 Å². The van der Waals surface area contributed by atoms with Crippen molar-refractivity contribution < 1.29 is 21.1 Å². The fourth-order valence-electron chi connectivity index (χ4n) is 3.49. The van der Waals surface area contributed by atoms with Gasteiger partial charge in [0.05, 0.1) is 0 Å². The molecule has 1 aliphatic rings. The fourth-order valence-corrected chi connectivity index (χ4v) is 6.23. The third-order valence-corrected chi connectivity index (χ3v) is 7.65. The van der Waals surface area contributed by atoms with Crippen LogP contribution in [0.3, 0.4) is 0 Å². The fraction of sp³-hybridized carbons (Fsp3) is 0.231. The van der Waals surface area contributed by atoms with Crippen molar-refractivity contribution in [3.63, 3.8) is 0 Å². The third kappa shape index (κ3) is 6.48. The largest absolute Gasteiger partial charge is 0.0622 e. The SMILES string of the molecule is [Au][C]#CC1CCCCC1.c1ccc(P(c2ccccc2)c2ccccc2)cc1. The van der Waals surface area contributed by atoms with Crippen LogP contribution >= 0.6 is 7.92 Å². The Kier molecular flexibility index (Phi) is 9.09. The molecular formula is C26H26AuP. The second kappa shape index (κ2) is 12.1. The molecule has 0 heterocycles. The Bertz CT molecular complexity index is 766. The summed E-state index contributed by atoms with van der Waals surface area (Å²) in [6, 6.07) is 32.3. The molecule has 1 saturated carbocycles. The molecule has 3 aromatic carbocycles. The maximum Gasteiger partial charge on any atom is -0.0134 e. The first-order valence-electron chi connectivity index (χ1n) is 9.91. The average molecular weight is 566 g/mol. The van der Waals surface area contributed by atoms with Gasteiger partial charge in [0.25, 0.3) is 0 Å². The predicted molar refractivity (Wildman–Crippen MR) is 119 cm³/mol. The van der Waals surface area contributed by atoms with Crippen molar-refractivity contribution in [2.24, 2.45) is 5.92 Å². The van der Waals surface area contributed by atoms with Crippen molar-refractivity contribution >= 4 is 23.8 Å². The van der Waals surface area contributed by atoms with E-state index in [4.69, 9.17) is 0 Å². The van der Waals surface area contributed by atoms with Crippen molar-refractivity contribution in [2.75, 3.05) is 0 Å². The summed E-state index contributed by atoms with van der Waals surface area (Å²) in [5.74, 6) is 3.94. The van der Waals surface area contributed by atoms with Gasteiger partial charge in [-0.1, -0.05) is 91.0 Å². The molecule has 0 saturated heterocycles. The van der Waals surface area contributed by atoms with Gasteiger partial charge in [-0.2, -0.15) is 0 Å². The zero-order chi connectivity index (χ0) is 19.4. The zero-order valence-electron chi connectivity index (χ0n) is 16.0. The number of hydrogen-bond acceptors (Lipinski definition) is 0. The van der Waals surface area contributed by atoms with Crippen LogP contribution in [0.25, 0.3) is 0 Å². The molecule has 2 heteroatoms. The van der Waals surface area contributed by atoms with E-state index in [1.165, 1.54) is 48.0 Å². The molecule has 0 bridgehead atoms. The predicted octanol–water partition coefficient (Wildman–Crippen LogP) is 5.52. The van der Waals surface area contributed by atoms with Gasteiger partial charge in [0.1, 0.15) is 0 Å². The van der Waals surface area contributed by atoms with Gasteiger partial charge in [-0.05, 0) is 23.8 Å². The molecule has 0 atom stereocenters. The van der Waals surface area contributed by atoms with Gasteiger partial charge in [0, 0.05) is 0 Å². The Hall–Kier alpha value is -1.61. The molecule has 0 N–H and O–H groups in total. The molecule has 3 aromatic rings. The van der Waals surface area contributed by atoms with E-state index in [1.54, 1.807) is 0 Å². The third-order valence-electron chi connectivity index (χ3n) is 4.90. The van der Waals surface area contributed by atoms with Crippen LogP contribution in [0.4, 0.5) is 0 Å². The smallest absolute Gasteiger partial charge is 0.0134 e. The molecule has 4 rings (SSSR count). The van der Waals surface area contributed by atoms with E-state index in [-0.39, 0.29) is 0 Å². The van der Waals surface area contributed by atoms with Crippen LogP contribution in [0.2, 0.25) is 0 Å². The van der Waals surface area contributed by atoms with Crippen molar-refractivity contribution in [3.05, 3.63) is 91.0 Å². The van der Waals surface area contributed by atoms with Gasteiger partial charge in [-0.15, -0.1) is 0 Å². The number of hydrogen-bond donors (Lipinski definition) is 0. The molecule has 0 nitrogen and oxygen atoms in total. The maximum atomic E-state index is 3.21. The van der Waals surface area contributed by atoms with E-state index in [0.717, 1.165) is 5.92 Å². The molecular weight excluding hydrogens is 540 g/mol. The molecule has 0 aromatic heterocycles. The van der Waals surface area contributed by atoms with E-state index in [0.29, 0.717) is 0 Å². The van der Waals surface area contributed by atoms with Crippen LogP contribution in [-0.4, -0.2) is 0 Å². The number of benzene rings is 3. The van der Waals surface area contributed by atoms with Crippen molar-refractivity contribution in [3.8, 4) is 10.1 Å². The van der Waals surface area contributed by atoms with Gasteiger partial charge in [-0.25, -0.2) is 0 Å². The van der Waals surface area contributed by atoms with Crippen LogP contribution in [0, 0.1) is 16.0 Å². The van der Waals surface area contributed by atoms with Gasteiger partial charge >= 0.3 is 69.1 Å². The topological polar surface area (TPSA) is 0 Å². The second-order valence-corrected chi connectivity index (χ2v) is 9.66. The van der Waals surface area contributed by atoms with E-state index >= 15 is 0 Å². The Morgan fingerprint density at radius 2 is 1.00 bits per heavy atom. The van der Waals surface area contributed by atoms with Gasteiger partial charge in [-0.3, -0.25) is 0 Å². The standard InChI is InChI=1S/C18H15P.C8H11.Au/c1-4-10-16(11-5-1)19(17-12-6-2-7-13-17)18-14-8-3-9-15-18;1-2-8-6-4-3-5-7-8;/h1-15H;8H,3-7H2;. The van der Waals surface area contributed by atoms with Crippen LogP contribution < -0.4 is 15.9 Å². The van der Waals surface area contributed by atoms with Gasteiger partial charge < -0.3 is 0 Å². The summed E-state index contributed by atoms with van der Waals surface area (Å²) in [6.07, 6.45) is 6.90. The monoisotopic (exact) mass is 566 g/mol. The molecule has 1 fully saturated rings. The molecule has 28 heavy (non-hydrogen) atoms. The Labute approximate surface area is 183 Å². The first kappa shape index (κ1) is 21.1. The Morgan fingerprint density at radius 1 is 0.607 bits per heavy atom. The average Bonchev–Trinajstić information content (AvgIpc) is 2.78. The summed E-state index contributed by atoms with van der Waals surface area (Å²) in [6.45, 7) is 0. The van der Waals surface area contributed by atoms with Crippen LogP contribution in [-0.2, 0) is 21.1 Å². The van der Waals surface area contributed by atoms with E-state index in [2.05, 4.69) is 122 Å². The minimum Gasteiger partial charge on any atom is -0.0622 e. The van der Waals surface area contributed by atoms with Crippen LogP contribution in [0.15, 0.2) is 91.0 Å². The molecule has 1 aliphatic carbocycles. The first-order chi connectivity index (χ1) is 13.9. The maximum absolute atomic E-state index is 3.21. The summed E-state index contributed by atoms with van der Waals surface area (Å²) in [7, 11) is -0.446. The van der Waals surface area contributed by atoms with E-state index in [1.807, 2.05) is 0 Å². The van der Waals surface area contributed by atoms with Crippen LogP contribution in [0.5, 0.6) is 0 Å². The number of rotatable bonds is 3.